The van der Waals surface area contributed by atoms with Crippen molar-refractivity contribution in [1.29, 1.82) is 0 Å². The summed E-state index contributed by atoms with van der Waals surface area (Å²) in [6.07, 6.45) is 0. The van der Waals surface area contributed by atoms with Gasteiger partial charge < -0.3 is 4.74 Å². The Morgan fingerprint density at radius 1 is 1.04 bits per heavy atom. The van der Waals surface area contributed by atoms with E-state index in [4.69, 9.17) is 4.74 Å². The highest BCUT2D eigenvalue weighted by atomic mass is 32.1. The predicted octanol–water partition coefficient (Wildman–Crippen LogP) is 5.81. The van der Waals surface area contributed by atoms with Gasteiger partial charge in [-0.3, -0.25) is 5.43 Å². The van der Waals surface area contributed by atoms with Crippen LogP contribution >= 0.6 is 11.3 Å². The summed E-state index contributed by atoms with van der Waals surface area (Å²) in [7, 11) is 1.66. The molecule has 1 heterocycles. The summed E-state index contributed by atoms with van der Waals surface area (Å²) in [5, 5.41) is 9.72. The van der Waals surface area contributed by atoms with Gasteiger partial charge in [0.25, 0.3) is 0 Å². The molecule has 0 saturated heterocycles. The molecule has 1 aromatic heterocycles. The van der Waals surface area contributed by atoms with Crippen LogP contribution in [0.1, 0.15) is 12.5 Å². The summed E-state index contributed by atoms with van der Waals surface area (Å²) in [6, 6.07) is 22.5. The molecule has 0 radical (unpaired) electrons. The smallest absolute Gasteiger partial charge is 0.203 e. The lowest BCUT2D eigenvalue weighted by molar-refractivity contribution is 0.415. The number of rotatable bonds is 5. The van der Waals surface area contributed by atoms with Crippen LogP contribution in [0.2, 0.25) is 0 Å². The molecule has 0 aliphatic carbocycles. The molecule has 4 aromatic rings. The van der Waals surface area contributed by atoms with Gasteiger partial charge in [0.1, 0.15) is 5.75 Å². The Morgan fingerprint density at radius 2 is 1.85 bits per heavy atom. The lowest BCUT2D eigenvalue weighted by Gasteiger charge is -2.06. The molecule has 0 fully saturated rings. The number of thiazole rings is 1. The molecule has 0 spiro atoms. The number of fused-ring (bicyclic) bond motifs is 1. The monoisotopic (exact) mass is 373 g/mol. The fourth-order valence-electron chi connectivity index (χ4n) is 2.97. The Bertz CT molecular complexity index is 1110. The van der Waals surface area contributed by atoms with Gasteiger partial charge in [0.2, 0.25) is 5.13 Å². The van der Waals surface area contributed by atoms with Crippen molar-refractivity contribution in [3.05, 3.63) is 77.7 Å². The normalized spacial score (nSPS) is 11.6. The number of hydrazone groups is 1. The van der Waals surface area contributed by atoms with Crippen LogP contribution in [-0.2, 0) is 0 Å². The first-order valence-electron chi connectivity index (χ1n) is 8.63. The van der Waals surface area contributed by atoms with Gasteiger partial charge >= 0.3 is 0 Å². The molecule has 27 heavy (non-hydrogen) atoms. The third-order valence-corrected chi connectivity index (χ3v) is 5.12. The van der Waals surface area contributed by atoms with Crippen LogP contribution in [0, 0.1) is 0 Å². The summed E-state index contributed by atoms with van der Waals surface area (Å²) >= 11 is 1.53. The van der Waals surface area contributed by atoms with Crippen molar-refractivity contribution < 1.29 is 4.74 Å². The van der Waals surface area contributed by atoms with Crippen molar-refractivity contribution in [2.75, 3.05) is 12.5 Å². The van der Waals surface area contributed by atoms with Gasteiger partial charge in [-0.2, -0.15) is 5.10 Å². The highest BCUT2D eigenvalue weighted by Crippen LogP contribution is 2.27. The second-order valence-corrected chi connectivity index (χ2v) is 6.96. The number of anilines is 1. The van der Waals surface area contributed by atoms with Crippen LogP contribution in [0.3, 0.4) is 0 Å². The number of hydrogen-bond donors (Lipinski definition) is 1. The van der Waals surface area contributed by atoms with Crippen LogP contribution in [-0.4, -0.2) is 17.8 Å². The van der Waals surface area contributed by atoms with E-state index < -0.39 is 0 Å². The maximum atomic E-state index is 5.28. The minimum atomic E-state index is 0.757. The SMILES string of the molecule is COc1cccc(-c2csc(N/N=C(\C)c3cccc4ccccc34)n2)c1. The summed E-state index contributed by atoms with van der Waals surface area (Å²) in [5.74, 6) is 0.819. The Labute approximate surface area is 162 Å². The number of aromatic nitrogens is 1. The summed E-state index contributed by atoms with van der Waals surface area (Å²) in [4.78, 5) is 4.63. The molecule has 0 saturated carbocycles. The number of benzene rings is 3. The summed E-state index contributed by atoms with van der Waals surface area (Å²) in [6.45, 7) is 2.01. The van der Waals surface area contributed by atoms with Crippen LogP contribution in [0.15, 0.2) is 77.2 Å². The molecule has 1 N–H and O–H groups in total. The molecule has 4 nitrogen and oxygen atoms in total. The van der Waals surface area contributed by atoms with Crippen LogP contribution in [0.25, 0.3) is 22.0 Å². The van der Waals surface area contributed by atoms with E-state index in [0.717, 1.165) is 33.4 Å². The molecule has 4 rings (SSSR count). The highest BCUT2D eigenvalue weighted by molar-refractivity contribution is 7.14. The quantitative estimate of drug-likeness (QED) is 0.355. The fraction of sp³-hybridized carbons (Fsp3) is 0.0909. The Balaban J connectivity index is 1.57. The van der Waals surface area contributed by atoms with Crippen molar-refractivity contribution in [3.8, 4) is 17.0 Å². The Hall–Kier alpha value is -3.18. The number of nitrogens with zero attached hydrogens (tertiary/aromatic N) is 2. The summed E-state index contributed by atoms with van der Waals surface area (Å²) in [5.41, 5.74) is 7.05. The van der Waals surface area contributed by atoms with E-state index >= 15 is 0 Å². The minimum Gasteiger partial charge on any atom is -0.497 e. The van der Waals surface area contributed by atoms with Gasteiger partial charge in [0.05, 0.1) is 18.5 Å². The molecule has 5 heteroatoms. The van der Waals surface area contributed by atoms with E-state index in [-0.39, 0.29) is 0 Å². The minimum absolute atomic E-state index is 0.757. The topological polar surface area (TPSA) is 46.5 Å². The van der Waals surface area contributed by atoms with Gasteiger partial charge in [-0.25, -0.2) is 4.98 Å². The number of nitrogens with one attached hydrogen (secondary N) is 1. The standard InChI is InChI=1S/C22H19N3OS/c1-15(19-12-6-8-16-7-3-4-11-20(16)19)24-25-22-23-21(14-27-22)17-9-5-10-18(13-17)26-2/h3-14H,1-2H3,(H,23,25)/b24-15+. The Morgan fingerprint density at radius 3 is 2.74 bits per heavy atom. The van der Waals surface area contributed by atoms with Gasteiger partial charge in [-0.15, -0.1) is 11.3 Å². The first-order chi connectivity index (χ1) is 13.2. The molecule has 0 amide bonds. The summed E-state index contributed by atoms with van der Waals surface area (Å²) < 4.78 is 5.28. The fourth-order valence-corrected chi connectivity index (χ4v) is 3.63. The van der Waals surface area contributed by atoms with Crippen LogP contribution < -0.4 is 10.2 Å². The van der Waals surface area contributed by atoms with Crippen molar-refractivity contribution >= 4 is 33.0 Å². The van der Waals surface area contributed by atoms with Crippen LogP contribution in [0.4, 0.5) is 5.13 Å². The zero-order valence-electron chi connectivity index (χ0n) is 15.1. The van der Waals surface area contributed by atoms with Crippen molar-refractivity contribution in [2.24, 2.45) is 5.10 Å². The van der Waals surface area contributed by atoms with Crippen molar-refractivity contribution in [1.82, 2.24) is 4.98 Å². The third kappa shape index (κ3) is 3.68. The lowest BCUT2D eigenvalue weighted by atomic mass is 10.0. The van der Waals surface area contributed by atoms with Gasteiger partial charge in [0, 0.05) is 16.5 Å². The molecule has 0 aliphatic heterocycles. The highest BCUT2D eigenvalue weighted by Gasteiger charge is 2.07. The molecular weight excluding hydrogens is 354 g/mol. The first-order valence-corrected chi connectivity index (χ1v) is 9.51. The third-order valence-electron chi connectivity index (χ3n) is 4.37. The molecule has 134 valence electrons. The number of hydrogen-bond acceptors (Lipinski definition) is 5. The first kappa shape index (κ1) is 17.2. The van der Waals surface area contributed by atoms with E-state index in [2.05, 4.69) is 45.8 Å². The molecule has 0 unspecified atom stereocenters. The molecule has 0 aliphatic rings. The number of ether oxygens (including phenoxy) is 1. The molecule has 0 bridgehead atoms. The van der Waals surface area contributed by atoms with E-state index in [1.165, 1.54) is 22.1 Å². The average molecular weight is 373 g/mol. The van der Waals surface area contributed by atoms with Gasteiger partial charge in [-0.1, -0.05) is 54.6 Å². The molecule has 3 aromatic carbocycles. The maximum absolute atomic E-state index is 5.28. The van der Waals surface area contributed by atoms with Crippen LogP contribution in [0.5, 0.6) is 5.75 Å². The second-order valence-electron chi connectivity index (χ2n) is 6.11. The van der Waals surface area contributed by atoms with E-state index in [1.54, 1.807) is 7.11 Å². The molecule has 0 atom stereocenters. The second kappa shape index (κ2) is 7.60. The van der Waals surface area contributed by atoms with E-state index in [1.807, 2.05) is 48.7 Å². The van der Waals surface area contributed by atoms with Crippen molar-refractivity contribution in [3.63, 3.8) is 0 Å². The lowest BCUT2D eigenvalue weighted by Crippen LogP contribution is -2.00. The molecular formula is C22H19N3OS. The maximum Gasteiger partial charge on any atom is 0.203 e. The van der Waals surface area contributed by atoms with Crippen molar-refractivity contribution in [2.45, 2.75) is 6.92 Å². The van der Waals surface area contributed by atoms with E-state index in [9.17, 15) is 0 Å². The van der Waals surface area contributed by atoms with Gasteiger partial charge in [0.15, 0.2) is 0 Å². The largest absolute Gasteiger partial charge is 0.497 e. The van der Waals surface area contributed by atoms with Gasteiger partial charge in [-0.05, 0) is 29.8 Å². The zero-order valence-corrected chi connectivity index (χ0v) is 16.0. The predicted molar refractivity (Wildman–Crippen MR) is 114 cm³/mol. The average Bonchev–Trinajstić information content (AvgIpc) is 3.21. The Kier molecular flexibility index (Phi) is 4.85. The van der Waals surface area contributed by atoms with E-state index in [0.29, 0.717) is 0 Å². The zero-order chi connectivity index (χ0) is 18.6. The number of methoxy groups -OCH3 is 1.